The first-order valence-corrected chi connectivity index (χ1v) is 23.1. The Balaban J connectivity index is 0.000000189. The van der Waals surface area contributed by atoms with E-state index >= 15 is 0 Å². The maximum absolute atomic E-state index is 11.4. The molecule has 3 aliphatic carbocycles. The van der Waals surface area contributed by atoms with Gasteiger partial charge in [-0.15, -0.1) is 0 Å². The van der Waals surface area contributed by atoms with E-state index in [0.29, 0.717) is 45.7 Å². The number of rotatable bonds is 10. The predicted octanol–water partition coefficient (Wildman–Crippen LogP) is 12.8. The molecule has 0 saturated heterocycles. The van der Waals surface area contributed by atoms with Crippen LogP contribution < -0.4 is 0 Å². The van der Waals surface area contributed by atoms with Crippen LogP contribution in [-0.4, -0.2) is 46.3 Å². The molecular weight excluding hydrogens is 801 g/mol. The molecule has 0 aromatic heterocycles. The number of carbonyl (C=O) groups is 8. The van der Waals surface area contributed by atoms with Crippen LogP contribution in [0.4, 0.5) is 0 Å². The second kappa shape index (κ2) is 24.5. The summed E-state index contributed by atoms with van der Waals surface area (Å²) < 4.78 is 0. The molecule has 3 fully saturated rings. The van der Waals surface area contributed by atoms with Crippen LogP contribution in [0.15, 0.2) is 84.9 Å². The lowest BCUT2D eigenvalue weighted by Crippen LogP contribution is -2.29. The highest BCUT2D eigenvalue weighted by Gasteiger charge is 2.33. The second-order valence-electron chi connectivity index (χ2n) is 18.4. The Bertz CT molecular complexity index is 2110. The lowest BCUT2D eigenvalue weighted by molar-refractivity contribution is -0.126. The van der Waals surface area contributed by atoms with E-state index in [1.165, 1.54) is 25.7 Å². The summed E-state index contributed by atoms with van der Waals surface area (Å²) in [5.74, 6) is 4.39. The monoisotopic (exact) mass is 868 g/mol. The van der Waals surface area contributed by atoms with Crippen molar-refractivity contribution in [2.75, 3.05) is 0 Å². The molecule has 0 aliphatic heterocycles. The Labute approximate surface area is 380 Å². The van der Waals surface area contributed by atoms with Gasteiger partial charge in [-0.3, -0.25) is 38.4 Å². The predicted molar refractivity (Wildman–Crippen MR) is 255 cm³/mol. The van der Waals surface area contributed by atoms with E-state index in [-0.39, 0.29) is 46.5 Å². The summed E-state index contributed by atoms with van der Waals surface area (Å²) in [5, 5.41) is 1.97. The summed E-state index contributed by atoms with van der Waals surface area (Å²) in [6.45, 7) is 13.0. The number of carbonyl (C=O) groups excluding carboxylic acids is 8. The van der Waals surface area contributed by atoms with Crippen molar-refractivity contribution in [3.8, 4) is 11.1 Å². The molecule has 0 spiro atoms. The molecule has 7 rings (SSSR count). The Morgan fingerprint density at radius 3 is 0.734 bits per heavy atom. The van der Waals surface area contributed by atoms with Gasteiger partial charge in [-0.2, -0.15) is 0 Å². The summed E-state index contributed by atoms with van der Waals surface area (Å²) in [7, 11) is 0. The Morgan fingerprint density at radius 1 is 0.297 bits per heavy atom. The first-order chi connectivity index (χ1) is 30.3. The zero-order valence-electron chi connectivity index (χ0n) is 39.3. The van der Waals surface area contributed by atoms with E-state index in [1.54, 1.807) is 67.5 Å². The van der Waals surface area contributed by atoms with Gasteiger partial charge in [0.05, 0.1) is 0 Å². The summed E-state index contributed by atoms with van der Waals surface area (Å²) >= 11 is 0. The molecule has 0 unspecified atom stereocenters. The largest absolute Gasteiger partial charge is 0.300 e. The SMILES string of the molecule is CC(=O)C1CCC(C(C)=O)CC1.CC(=O)C1CCC(C2CCC(C(C)=O)CC2)CC1.CC(=O)c1ccc(-c2ccc(C(C)=O)cc2)cc1.CC(=O)c1ccc2cc(C(C)=O)ccc2c1. The number of ketones is 8. The minimum absolute atomic E-state index is 0.0533. The zero-order valence-corrected chi connectivity index (χ0v) is 39.3. The Kier molecular flexibility index (Phi) is 19.6. The van der Waals surface area contributed by atoms with Crippen molar-refractivity contribution in [3.63, 3.8) is 0 Å². The lowest BCUT2D eigenvalue weighted by Gasteiger charge is -2.36. The summed E-state index contributed by atoms with van der Waals surface area (Å²) in [4.78, 5) is 89.5. The van der Waals surface area contributed by atoms with Gasteiger partial charge in [-0.25, -0.2) is 0 Å². The summed E-state index contributed by atoms with van der Waals surface area (Å²) in [6.07, 6.45) is 13.0. The van der Waals surface area contributed by atoms with Crippen molar-refractivity contribution in [1.29, 1.82) is 0 Å². The van der Waals surface area contributed by atoms with Crippen LogP contribution in [0.2, 0.25) is 0 Å². The molecule has 3 aliphatic rings. The molecule has 0 atom stereocenters. The third-order valence-electron chi connectivity index (χ3n) is 13.8. The van der Waals surface area contributed by atoms with Crippen molar-refractivity contribution in [2.45, 2.75) is 132 Å². The van der Waals surface area contributed by atoms with Gasteiger partial charge in [0.25, 0.3) is 0 Å². The molecule has 340 valence electrons. The number of fused-ring (bicyclic) bond motifs is 1. The smallest absolute Gasteiger partial charge is 0.159 e. The standard InChI is InChI=1S/C16H26O2.C16H14O2.C14H12O2.C10H16O2/c2*1-11(17)13-3-7-15(8-4-13)16-9-5-14(6-10-16)12(2)18;1-9(15)11-3-5-14-8-12(10(2)16)4-6-13(14)7-11;1-7(11)9-3-5-10(6-4-9)8(2)12/h13-16H,3-10H2,1-2H3;3-10H,1-2H3;3-8H,1-2H3;9-10H,3-6H2,1-2H3. The Hall–Kier alpha value is -5.50. The fourth-order valence-electron chi connectivity index (χ4n) is 9.38. The maximum Gasteiger partial charge on any atom is 0.159 e. The first kappa shape index (κ1) is 51.1. The van der Waals surface area contributed by atoms with Crippen molar-refractivity contribution in [1.82, 2.24) is 0 Å². The normalized spacial score (nSPS) is 21.5. The highest BCUT2D eigenvalue weighted by atomic mass is 16.1. The molecule has 0 radical (unpaired) electrons. The van der Waals surface area contributed by atoms with Crippen LogP contribution in [0.1, 0.15) is 174 Å². The maximum atomic E-state index is 11.4. The van der Waals surface area contributed by atoms with E-state index in [2.05, 4.69) is 0 Å². The number of hydrogen-bond acceptors (Lipinski definition) is 8. The summed E-state index contributed by atoms with van der Waals surface area (Å²) in [6, 6.07) is 25.9. The minimum atomic E-state index is 0.0533. The molecule has 8 heteroatoms. The van der Waals surface area contributed by atoms with Crippen molar-refractivity contribution in [3.05, 3.63) is 107 Å². The van der Waals surface area contributed by atoms with E-state index in [0.717, 1.165) is 85.1 Å². The number of benzene rings is 4. The first-order valence-electron chi connectivity index (χ1n) is 23.1. The van der Waals surface area contributed by atoms with Gasteiger partial charge in [0.1, 0.15) is 23.1 Å². The summed E-state index contributed by atoms with van der Waals surface area (Å²) in [5.41, 5.74) is 4.88. The zero-order chi connectivity index (χ0) is 47.1. The molecule has 0 amide bonds. The van der Waals surface area contributed by atoms with Crippen LogP contribution in [-0.2, 0) is 19.2 Å². The molecule has 0 N–H and O–H groups in total. The van der Waals surface area contributed by atoms with Crippen molar-refractivity contribution >= 4 is 57.0 Å². The topological polar surface area (TPSA) is 137 Å². The van der Waals surface area contributed by atoms with Gasteiger partial charge in [0.15, 0.2) is 23.1 Å². The van der Waals surface area contributed by atoms with E-state index in [1.807, 2.05) is 72.8 Å². The second-order valence-corrected chi connectivity index (χ2v) is 18.4. The highest BCUT2D eigenvalue weighted by Crippen LogP contribution is 2.41. The average molecular weight is 869 g/mol. The van der Waals surface area contributed by atoms with Crippen LogP contribution in [0.3, 0.4) is 0 Å². The van der Waals surface area contributed by atoms with Crippen molar-refractivity contribution in [2.24, 2.45) is 35.5 Å². The molecular formula is C56H68O8. The number of hydrogen-bond donors (Lipinski definition) is 0. The van der Waals surface area contributed by atoms with Crippen LogP contribution in [0.5, 0.6) is 0 Å². The average Bonchev–Trinajstić information content (AvgIpc) is 3.29. The third kappa shape index (κ3) is 15.3. The van der Waals surface area contributed by atoms with Crippen LogP contribution >= 0.6 is 0 Å². The highest BCUT2D eigenvalue weighted by molar-refractivity contribution is 6.02. The molecule has 0 bridgehead atoms. The fourth-order valence-corrected chi connectivity index (χ4v) is 9.38. The van der Waals surface area contributed by atoms with Gasteiger partial charge in [-0.05, 0) is 178 Å². The minimum Gasteiger partial charge on any atom is -0.300 e. The third-order valence-corrected chi connectivity index (χ3v) is 13.8. The van der Waals surface area contributed by atoms with E-state index in [4.69, 9.17) is 0 Å². The fraction of sp³-hybridized carbons (Fsp3) is 0.464. The van der Waals surface area contributed by atoms with Gasteiger partial charge < -0.3 is 0 Å². The van der Waals surface area contributed by atoms with Gasteiger partial charge in [0, 0.05) is 45.9 Å². The molecule has 4 aromatic rings. The van der Waals surface area contributed by atoms with Gasteiger partial charge in [0.2, 0.25) is 0 Å². The van der Waals surface area contributed by atoms with Crippen LogP contribution in [0, 0.1) is 35.5 Å². The molecule has 4 aromatic carbocycles. The lowest BCUT2D eigenvalue weighted by atomic mass is 9.68. The Morgan fingerprint density at radius 2 is 0.516 bits per heavy atom. The van der Waals surface area contributed by atoms with E-state index in [9.17, 15) is 38.4 Å². The van der Waals surface area contributed by atoms with E-state index < -0.39 is 0 Å². The molecule has 0 heterocycles. The van der Waals surface area contributed by atoms with Gasteiger partial charge >= 0.3 is 0 Å². The molecule has 64 heavy (non-hydrogen) atoms. The molecule has 3 saturated carbocycles. The van der Waals surface area contributed by atoms with Crippen LogP contribution in [0.25, 0.3) is 21.9 Å². The van der Waals surface area contributed by atoms with Crippen molar-refractivity contribution < 1.29 is 38.4 Å². The van der Waals surface area contributed by atoms with Gasteiger partial charge in [-0.1, -0.05) is 72.8 Å². The molecule has 8 nitrogen and oxygen atoms in total. The quantitative estimate of drug-likeness (QED) is 0.144. The number of Topliss-reactive ketones (excluding diaryl/α,β-unsaturated/α-hetero) is 8.